The van der Waals surface area contributed by atoms with Gasteiger partial charge in [0.15, 0.2) is 11.0 Å². The van der Waals surface area contributed by atoms with Gasteiger partial charge in [-0.05, 0) is 44.2 Å². The quantitative estimate of drug-likeness (QED) is 0.172. The van der Waals surface area contributed by atoms with Crippen molar-refractivity contribution in [1.82, 2.24) is 14.8 Å². The fourth-order valence-electron chi connectivity index (χ4n) is 3.09. The van der Waals surface area contributed by atoms with E-state index in [1.165, 1.54) is 25.8 Å². The summed E-state index contributed by atoms with van der Waals surface area (Å²) < 4.78 is 11.8. The van der Waals surface area contributed by atoms with Crippen LogP contribution in [0.4, 0.5) is 0 Å². The highest BCUT2D eigenvalue weighted by Crippen LogP contribution is 2.30. The second-order valence-corrected chi connectivity index (χ2v) is 7.88. The molecular formula is C23H24N4O4S. The smallest absolute Gasteiger partial charge is 0.343 e. The summed E-state index contributed by atoms with van der Waals surface area (Å²) in [4.78, 5) is 11.9. The Morgan fingerprint density at radius 3 is 2.47 bits per heavy atom. The molecule has 1 heterocycles. The number of aliphatic hydroxyl groups is 1. The second-order valence-electron chi connectivity index (χ2n) is 6.94. The number of rotatable bonds is 8. The fourth-order valence-corrected chi connectivity index (χ4v) is 3.92. The van der Waals surface area contributed by atoms with Gasteiger partial charge in [0, 0.05) is 17.0 Å². The van der Waals surface area contributed by atoms with Crippen molar-refractivity contribution in [2.45, 2.75) is 19.0 Å². The third-order valence-corrected chi connectivity index (χ3v) is 5.57. The molecule has 9 heteroatoms. The average molecular weight is 453 g/mol. The van der Waals surface area contributed by atoms with E-state index < -0.39 is 5.97 Å². The molecule has 2 aromatic carbocycles. The van der Waals surface area contributed by atoms with E-state index in [2.05, 4.69) is 14.9 Å². The van der Waals surface area contributed by atoms with E-state index in [-0.39, 0.29) is 22.8 Å². The second kappa shape index (κ2) is 10.1. The van der Waals surface area contributed by atoms with Gasteiger partial charge in [-0.1, -0.05) is 35.5 Å². The lowest BCUT2D eigenvalue weighted by Crippen LogP contribution is -2.15. The van der Waals surface area contributed by atoms with Crippen LogP contribution < -0.4 is 4.74 Å². The predicted molar refractivity (Wildman–Crippen MR) is 124 cm³/mol. The Bertz CT molecular complexity index is 1170. The zero-order chi connectivity index (χ0) is 23.3. The number of hydrogen-bond acceptors (Lipinski definition) is 8. The molecule has 0 aliphatic heterocycles. The van der Waals surface area contributed by atoms with Gasteiger partial charge in [-0.25, -0.2) is 4.79 Å². The molecule has 0 saturated carbocycles. The summed E-state index contributed by atoms with van der Waals surface area (Å²) in [6.45, 7) is 3.42. The number of nitrogens with zero attached hydrogens (tertiary/aromatic N) is 3. The van der Waals surface area contributed by atoms with Crippen molar-refractivity contribution in [2.75, 3.05) is 20.0 Å². The van der Waals surface area contributed by atoms with Gasteiger partial charge in [-0.15, -0.1) is 10.2 Å². The van der Waals surface area contributed by atoms with Crippen LogP contribution in [0.1, 0.15) is 12.5 Å². The van der Waals surface area contributed by atoms with Crippen LogP contribution in [0.25, 0.3) is 17.1 Å². The van der Waals surface area contributed by atoms with Crippen molar-refractivity contribution in [1.29, 1.82) is 5.41 Å². The molecule has 1 aromatic heterocycles. The standard InChI is InChI=1S/C23H24N4O4S/c1-14-6-5-7-16(12-14)21-25-26-23(27(21)17-8-10-18(30-3)11-9-17)32-13-19(28)20(15(2)24)22(29)31-4/h5-12,24,28H,13H2,1-4H3/b20-19-,24-15?. The number of carbonyl (C=O) groups excluding carboxylic acids is 1. The highest BCUT2D eigenvalue weighted by molar-refractivity contribution is 7.99. The molecule has 0 fully saturated rings. The molecule has 0 atom stereocenters. The Kier molecular flexibility index (Phi) is 7.32. The first-order valence-electron chi connectivity index (χ1n) is 9.71. The number of aryl methyl sites for hydroxylation is 1. The van der Waals surface area contributed by atoms with Crippen molar-refractivity contribution in [3.05, 3.63) is 65.4 Å². The number of carbonyl (C=O) groups is 1. The summed E-state index contributed by atoms with van der Waals surface area (Å²) in [5.74, 6) is 0.366. The predicted octanol–water partition coefficient (Wildman–Crippen LogP) is 4.37. The lowest BCUT2D eigenvalue weighted by atomic mass is 10.1. The van der Waals surface area contributed by atoms with Crippen molar-refractivity contribution < 1.29 is 19.4 Å². The molecule has 32 heavy (non-hydrogen) atoms. The van der Waals surface area contributed by atoms with Crippen LogP contribution in [-0.2, 0) is 9.53 Å². The van der Waals surface area contributed by atoms with E-state index in [1.807, 2.05) is 60.0 Å². The van der Waals surface area contributed by atoms with Crippen LogP contribution in [0.5, 0.6) is 5.75 Å². The zero-order valence-electron chi connectivity index (χ0n) is 18.2. The van der Waals surface area contributed by atoms with Gasteiger partial charge in [0.1, 0.15) is 17.1 Å². The van der Waals surface area contributed by atoms with Gasteiger partial charge in [0.25, 0.3) is 0 Å². The van der Waals surface area contributed by atoms with E-state index in [0.29, 0.717) is 11.0 Å². The summed E-state index contributed by atoms with van der Waals surface area (Å²) in [5.41, 5.74) is 2.56. The van der Waals surface area contributed by atoms with Crippen LogP contribution in [0, 0.1) is 12.3 Å². The van der Waals surface area contributed by atoms with E-state index in [9.17, 15) is 9.90 Å². The Labute approximate surface area is 190 Å². The molecule has 3 aromatic rings. The fraction of sp³-hybridized carbons (Fsp3) is 0.217. The minimum Gasteiger partial charge on any atom is -0.510 e. The molecule has 0 unspecified atom stereocenters. The zero-order valence-corrected chi connectivity index (χ0v) is 19.1. The maximum atomic E-state index is 11.9. The molecule has 166 valence electrons. The normalized spacial score (nSPS) is 11.6. The molecule has 0 saturated heterocycles. The molecule has 0 spiro atoms. The van der Waals surface area contributed by atoms with E-state index >= 15 is 0 Å². The molecular weight excluding hydrogens is 428 g/mol. The first-order valence-corrected chi connectivity index (χ1v) is 10.7. The van der Waals surface area contributed by atoms with Gasteiger partial charge in [-0.2, -0.15) is 0 Å². The number of methoxy groups -OCH3 is 2. The van der Waals surface area contributed by atoms with Gasteiger partial charge in [0.2, 0.25) is 0 Å². The molecule has 0 radical (unpaired) electrons. The van der Waals surface area contributed by atoms with Gasteiger partial charge < -0.3 is 20.0 Å². The van der Waals surface area contributed by atoms with Crippen molar-refractivity contribution in [3.63, 3.8) is 0 Å². The number of esters is 1. The monoisotopic (exact) mass is 452 g/mol. The first kappa shape index (κ1) is 23.1. The largest absolute Gasteiger partial charge is 0.510 e. The van der Waals surface area contributed by atoms with Crippen LogP contribution in [-0.4, -0.2) is 51.5 Å². The third kappa shape index (κ3) is 5.00. The topological polar surface area (TPSA) is 110 Å². The molecule has 2 N–H and O–H groups in total. The Balaban J connectivity index is 2.04. The van der Waals surface area contributed by atoms with Crippen molar-refractivity contribution in [2.24, 2.45) is 0 Å². The lowest BCUT2D eigenvalue weighted by molar-refractivity contribution is -0.135. The van der Waals surface area contributed by atoms with Crippen LogP contribution in [0.15, 0.2) is 65.0 Å². The average Bonchev–Trinajstić information content (AvgIpc) is 3.21. The molecule has 8 nitrogen and oxygen atoms in total. The van der Waals surface area contributed by atoms with E-state index in [1.54, 1.807) is 7.11 Å². The summed E-state index contributed by atoms with van der Waals surface area (Å²) in [7, 11) is 2.81. The van der Waals surface area contributed by atoms with Gasteiger partial charge in [-0.3, -0.25) is 4.57 Å². The highest BCUT2D eigenvalue weighted by Gasteiger charge is 2.21. The highest BCUT2D eigenvalue weighted by atomic mass is 32.2. The van der Waals surface area contributed by atoms with Gasteiger partial charge >= 0.3 is 5.97 Å². The van der Waals surface area contributed by atoms with Crippen molar-refractivity contribution >= 4 is 23.4 Å². The summed E-state index contributed by atoms with van der Waals surface area (Å²) >= 11 is 1.20. The first-order chi connectivity index (χ1) is 15.3. The maximum Gasteiger partial charge on any atom is 0.343 e. The Hall–Kier alpha value is -3.59. The van der Waals surface area contributed by atoms with Crippen LogP contribution >= 0.6 is 11.8 Å². The van der Waals surface area contributed by atoms with Crippen LogP contribution in [0.2, 0.25) is 0 Å². The molecule has 3 rings (SSSR count). The molecule has 0 bridgehead atoms. The molecule has 0 aliphatic rings. The number of aromatic nitrogens is 3. The van der Waals surface area contributed by atoms with E-state index in [4.69, 9.17) is 10.1 Å². The van der Waals surface area contributed by atoms with Crippen molar-refractivity contribution in [3.8, 4) is 22.8 Å². The van der Waals surface area contributed by atoms with Crippen LogP contribution in [0.3, 0.4) is 0 Å². The maximum absolute atomic E-state index is 11.9. The lowest BCUT2D eigenvalue weighted by Gasteiger charge is -2.12. The minimum absolute atomic E-state index is 0.0166. The van der Waals surface area contributed by atoms with Gasteiger partial charge in [0.05, 0.1) is 20.0 Å². The third-order valence-electron chi connectivity index (χ3n) is 4.63. The Morgan fingerprint density at radius 1 is 1.16 bits per heavy atom. The summed E-state index contributed by atoms with van der Waals surface area (Å²) in [6.07, 6.45) is 0. The number of ether oxygens (including phenoxy) is 2. The Morgan fingerprint density at radius 2 is 1.88 bits per heavy atom. The van der Waals surface area contributed by atoms with E-state index in [0.717, 1.165) is 22.6 Å². The number of nitrogens with one attached hydrogen (secondary N) is 1. The number of thioether (sulfide) groups is 1. The molecule has 0 amide bonds. The number of benzene rings is 2. The number of hydrogen-bond donors (Lipinski definition) is 2. The molecule has 0 aliphatic carbocycles. The summed E-state index contributed by atoms with van der Waals surface area (Å²) in [6, 6.07) is 15.4. The number of aliphatic hydroxyl groups excluding tert-OH is 1. The SMILES string of the molecule is COC(=O)/C(C(C)=N)=C(\O)CSc1nnc(-c2cccc(C)c2)n1-c1ccc(OC)cc1. The summed E-state index contributed by atoms with van der Waals surface area (Å²) in [5, 5.41) is 27.5. The minimum atomic E-state index is -0.757.